The summed E-state index contributed by atoms with van der Waals surface area (Å²) in [6.45, 7) is 7.83. The zero-order valence-corrected chi connectivity index (χ0v) is 21.7. The van der Waals surface area contributed by atoms with Crippen molar-refractivity contribution in [2.45, 2.75) is 25.3 Å². The summed E-state index contributed by atoms with van der Waals surface area (Å²) < 4.78 is 4.83. The molecule has 0 bridgehead atoms. The molecule has 1 aromatic heterocycles. The van der Waals surface area contributed by atoms with Crippen LogP contribution in [-0.2, 0) is 5.41 Å². The zero-order chi connectivity index (χ0) is 26.4. The van der Waals surface area contributed by atoms with Crippen LogP contribution in [0, 0.1) is 10.1 Å². The third-order valence-corrected chi connectivity index (χ3v) is 8.05. The molecule has 38 heavy (non-hydrogen) atoms. The average Bonchev–Trinajstić information content (AvgIpc) is 3.49. The van der Waals surface area contributed by atoms with E-state index in [1.807, 2.05) is 0 Å². The van der Waals surface area contributed by atoms with E-state index in [1.54, 1.807) is 6.07 Å². The maximum absolute atomic E-state index is 11.3. The minimum absolute atomic E-state index is 0.0404. The number of rotatable bonds is 5. The summed E-state index contributed by atoms with van der Waals surface area (Å²) in [5.41, 5.74) is 6.44. The average molecular weight is 511 g/mol. The first kappa shape index (κ1) is 24.0. The second kappa shape index (κ2) is 9.16. The Morgan fingerprint density at radius 2 is 1.61 bits per heavy atom. The molecule has 1 saturated heterocycles. The highest BCUT2D eigenvalue weighted by Gasteiger charge is 2.41. The van der Waals surface area contributed by atoms with Crippen molar-refractivity contribution >= 4 is 39.9 Å². The van der Waals surface area contributed by atoms with Crippen LogP contribution in [0.5, 0.6) is 0 Å². The first-order valence-electron chi connectivity index (χ1n) is 12.8. The highest BCUT2D eigenvalue weighted by molar-refractivity contribution is 5.94. The van der Waals surface area contributed by atoms with Gasteiger partial charge in [0.1, 0.15) is 0 Å². The number of piperazine rings is 1. The number of fused-ring (bicyclic) bond motifs is 2. The summed E-state index contributed by atoms with van der Waals surface area (Å²) in [6.07, 6.45) is 4.54. The number of hydrogen-bond acceptors (Lipinski definition) is 8. The third kappa shape index (κ3) is 3.95. The van der Waals surface area contributed by atoms with E-state index < -0.39 is 4.92 Å². The lowest BCUT2D eigenvalue weighted by molar-refractivity contribution is -0.383. The molecule has 0 saturated carbocycles. The number of nitro groups is 1. The Labute approximate surface area is 221 Å². The van der Waals surface area contributed by atoms with Crippen molar-refractivity contribution in [2.75, 3.05) is 47.9 Å². The summed E-state index contributed by atoms with van der Waals surface area (Å²) in [6, 6.07) is 20.9. The molecule has 194 valence electrons. The van der Waals surface area contributed by atoms with E-state index in [4.69, 9.17) is 4.63 Å². The van der Waals surface area contributed by atoms with Crippen LogP contribution >= 0.6 is 0 Å². The molecule has 0 N–H and O–H groups in total. The Bertz CT molecular complexity index is 1520. The lowest BCUT2D eigenvalue weighted by Gasteiger charge is -2.37. The maximum atomic E-state index is 11.3. The van der Waals surface area contributed by atoms with Crippen LogP contribution in [-0.4, -0.2) is 54.5 Å². The van der Waals surface area contributed by atoms with Gasteiger partial charge in [0, 0.05) is 56.1 Å². The van der Waals surface area contributed by atoms with Gasteiger partial charge in [0.2, 0.25) is 5.52 Å². The molecule has 1 unspecified atom stereocenters. The van der Waals surface area contributed by atoms with E-state index in [0.717, 1.165) is 31.9 Å². The van der Waals surface area contributed by atoms with Crippen molar-refractivity contribution in [1.29, 1.82) is 0 Å². The van der Waals surface area contributed by atoms with E-state index >= 15 is 0 Å². The van der Waals surface area contributed by atoms with Crippen LogP contribution in [0.25, 0.3) is 17.1 Å². The fourth-order valence-electron chi connectivity index (χ4n) is 5.94. The summed E-state index contributed by atoms with van der Waals surface area (Å²) in [5.74, 6) is 0. The van der Waals surface area contributed by atoms with E-state index in [0.29, 0.717) is 11.6 Å². The largest absolute Gasteiger partial charge is 0.368 e. The van der Waals surface area contributed by atoms with Gasteiger partial charge in [-0.3, -0.25) is 10.1 Å². The lowest BCUT2D eigenvalue weighted by Crippen LogP contribution is -2.46. The number of para-hydroxylation sites is 1. The van der Waals surface area contributed by atoms with Gasteiger partial charge in [0.05, 0.1) is 16.7 Å². The lowest BCUT2D eigenvalue weighted by atomic mass is 9.80. The predicted octanol–water partition coefficient (Wildman–Crippen LogP) is 5.27. The minimum Gasteiger partial charge on any atom is -0.368 e. The highest BCUT2D eigenvalue weighted by atomic mass is 16.6. The normalized spacial score (nSPS) is 18.9. The number of aromatic nitrogens is 2. The standard InChI is InChI=1S/C29H30N6O3/c1-29(2)22-6-4-5-7-23(22)32(3)26(29)15-10-20-8-11-21(12-9-20)33-16-18-34(19-17-33)24-13-14-25(35(36)37)28-27(24)30-38-31-28/h4-15,26H,16-19H2,1-3H3/b15-10+. The minimum atomic E-state index is -0.459. The van der Waals surface area contributed by atoms with E-state index in [1.165, 1.54) is 28.6 Å². The van der Waals surface area contributed by atoms with Gasteiger partial charge in [0.15, 0.2) is 5.52 Å². The maximum Gasteiger partial charge on any atom is 0.300 e. The Morgan fingerprint density at radius 3 is 2.32 bits per heavy atom. The Kier molecular flexibility index (Phi) is 5.78. The quantitative estimate of drug-likeness (QED) is 0.265. The molecular weight excluding hydrogens is 480 g/mol. The van der Waals surface area contributed by atoms with E-state index in [-0.39, 0.29) is 16.6 Å². The molecule has 1 fully saturated rings. The SMILES string of the molecule is CN1c2ccccc2C(C)(C)C1/C=C/c1ccc(N2CCN(c3ccc([N+](=O)[O-])c4nonc34)CC2)cc1. The van der Waals surface area contributed by atoms with Gasteiger partial charge < -0.3 is 14.7 Å². The van der Waals surface area contributed by atoms with Crippen molar-refractivity contribution in [1.82, 2.24) is 10.3 Å². The molecule has 6 rings (SSSR count). The number of benzene rings is 3. The van der Waals surface area contributed by atoms with Gasteiger partial charge in [0.25, 0.3) is 0 Å². The predicted molar refractivity (Wildman–Crippen MR) is 150 cm³/mol. The van der Waals surface area contributed by atoms with E-state index in [2.05, 4.69) is 107 Å². The first-order chi connectivity index (χ1) is 18.3. The van der Waals surface area contributed by atoms with E-state index in [9.17, 15) is 10.1 Å². The number of nitro benzene ring substituents is 1. The van der Waals surface area contributed by atoms with Crippen LogP contribution in [0.4, 0.5) is 22.7 Å². The van der Waals surface area contributed by atoms with Gasteiger partial charge in [-0.1, -0.05) is 56.3 Å². The van der Waals surface area contributed by atoms with Crippen molar-refractivity contribution in [3.05, 3.63) is 88.0 Å². The first-order valence-corrected chi connectivity index (χ1v) is 12.8. The molecular formula is C29H30N6O3. The molecule has 9 nitrogen and oxygen atoms in total. The van der Waals surface area contributed by atoms with Crippen molar-refractivity contribution in [3.63, 3.8) is 0 Å². The second-order valence-corrected chi connectivity index (χ2v) is 10.5. The Hall–Kier alpha value is -4.40. The fraction of sp³-hybridized carbons (Fsp3) is 0.310. The van der Waals surface area contributed by atoms with Gasteiger partial charge in [-0.15, -0.1) is 0 Å². The summed E-state index contributed by atoms with van der Waals surface area (Å²) in [4.78, 5) is 17.7. The molecule has 2 aliphatic heterocycles. The topological polar surface area (TPSA) is 91.8 Å². The highest BCUT2D eigenvalue weighted by Crippen LogP contribution is 2.44. The molecule has 3 aromatic carbocycles. The molecule has 3 heterocycles. The van der Waals surface area contributed by atoms with Gasteiger partial charge in [-0.05, 0) is 45.7 Å². The van der Waals surface area contributed by atoms with Crippen LogP contribution < -0.4 is 14.7 Å². The molecule has 2 aliphatic rings. The molecule has 0 amide bonds. The van der Waals surface area contributed by atoms with Crippen LogP contribution in [0.2, 0.25) is 0 Å². The Morgan fingerprint density at radius 1 is 0.921 bits per heavy atom. The summed E-state index contributed by atoms with van der Waals surface area (Å²) in [7, 11) is 2.17. The van der Waals surface area contributed by atoms with Gasteiger partial charge in [-0.2, -0.15) is 0 Å². The van der Waals surface area contributed by atoms with Crippen molar-refractivity contribution in [3.8, 4) is 0 Å². The van der Waals surface area contributed by atoms with Crippen LogP contribution in [0.15, 0.2) is 71.4 Å². The van der Waals surface area contributed by atoms with Crippen molar-refractivity contribution < 1.29 is 9.55 Å². The molecule has 9 heteroatoms. The smallest absolute Gasteiger partial charge is 0.300 e. The monoisotopic (exact) mass is 510 g/mol. The Balaban J connectivity index is 1.12. The number of non-ortho nitro benzene ring substituents is 1. The molecule has 0 aliphatic carbocycles. The molecule has 0 radical (unpaired) electrons. The van der Waals surface area contributed by atoms with Crippen LogP contribution in [0.3, 0.4) is 0 Å². The van der Waals surface area contributed by atoms with Crippen LogP contribution in [0.1, 0.15) is 25.0 Å². The summed E-state index contributed by atoms with van der Waals surface area (Å²) in [5, 5.41) is 19.0. The number of anilines is 3. The summed E-state index contributed by atoms with van der Waals surface area (Å²) >= 11 is 0. The third-order valence-electron chi connectivity index (χ3n) is 8.05. The number of nitrogens with zero attached hydrogens (tertiary/aromatic N) is 6. The van der Waals surface area contributed by atoms with Crippen molar-refractivity contribution in [2.24, 2.45) is 0 Å². The number of likely N-dealkylation sites (N-methyl/N-ethyl adjacent to an activating group) is 1. The van der Waals surface area contributed by atoms with Gasteiger partial charge in [-0.25, -0.2) is 4.63 Å². The zero-order valence-electron chi connectivity index (χ0n) is 21.7. The number of hydrogen-bond donors (Lipinski definition) is 0. The molecule has 0 spiro atoms. The second-order valence-electron chi connectivity index (χ2n) is 10.5. The fourth-order valence-corrected chi connectivity index (χ4v) is 5.94. The van der Waals surface area contributed by atoms with Gasteiger partial charge >= 0.3 is 5.69 Å². The molecule has 1 atom stereocenters. The molecule has 4 aromatic rings.